The molecule has 0 spiro atoms. The minimum absolute atomic E-state index is 0.175. The van der Waals surface area contributed by atoms with Gasteiger partial charge in [-0.3, -0.25) is 9.36 Å². The lowest BCUT2D eigenvalue weighted by atomic mass is 10.1. The third-order valence-corrected chi connectivity index (χ3v) is 6.07. The van der Waals surface area contributed by atoms with Gasteiger partial charge in [0.1, 0.15) is 17.1 Å². The van der Waals surface area contributed by atoms with Crippen molar-refractivity contribution in [3.63, 3.8) is 0 Å². The van der Waals surface area contributed by atoms with Gasteiger partial charge in [0.2, 0.25) is 5.43 Å². The number of carboxylic acid groups (broad SMARTS) is 1. The van der Waals surface area contributed by atoms with E-state index in [2.05, 4.69) is 10.3 Å². The van der Waals surface area contributed by atoms with Gasteiger partial charge in [0, 0.05) is 30.9 Å². The average molecular weight is 434 g/mol. The van der Waals surface area contributed by atoms with E-state index in [9.17, 15) is 19.1 Å². The summed E-state index contributed by atoms with van der Waals surface area (Å²) in [5.41, 5.74) is -1.88. The topological polar surface area (TPSA) is 87.5 Å². The number of carboxylic acids is 1. The first-order valence-corrected chi connectivity index (χ1v) is 10.5. The maximum atomic E-state index is 15.7. The fourth-order valence-corrected chi connectivity index (χ4v) is 4.51. The van der Waals surface area contributed by atoms with E-state index in [-0.39, 0.29) is 27.6 Å². The molecule has 4 rings (SSSR count). The summed E-state index contributed by atoms with van der Waals surface area (Å²) in [7, 11) is 0. The first-order valence-electron chi connectivity index (χ1n) is 9.58. The zero-order valence-electron chi connectivity index (χ0n) is 16.2. The molecule has 30 heavy (non-hydrogen) atoms. The quantitative estimate of drug-likeness (QED) is 0.621. The predicted molar refractivity (Wildman–Crippen MR) is 111 cm³/mol. The lowest BCUT2D eigenvalue weighted by Gasteiger charge is -2.22. The van der Waals surface area contributed by atoms with E-state index in [1.165, 1.54) is 10.8 Å². The van der Waals surface area contributed by atoms with Crippen molar-refractivity contribution in [2.75, 3.05) is 31.1 Å². The number of pyridine rings is 1. The molecule has 0 amide bonds. The Labute approximate surface area is 174 Å². The lowest BCUT2D eigenvalue weighted by Crippen LogP contribution is -2.28. The molecule has 3 aromatic rings. The summed E-state index contributed by atoms with van der Waals surface area (Å²) in [6.07, 6.45) is 3.33. The monoisotopic (exact) mass is 434 g/mol. The number of fused-ring (bicyclic) bond motifs is 1. The number of anilines is 1. The molecule has 2 N–H and O–H groups in total. The number of hydrogen-bond acceptors (Lipinski definition) is 6. The zero-order valence-corrected chi connectivity index (χ0v) is 17.0. The van der Waals surface area contributed by atoms with Crippen molar-refractivity contribution < 1.29 is 18.7 Å². The molecule has 1 saturated heterocycles. The molecule has 0 radical (unpaired) electrons. The minimum Gasteiger partial charge on any atom is -0.477 e. The van der Waals surface area contributed by atoms with Crippen molar-refractivity contribution in [2.45, 2.75) is 13.3 Å². The number of aromatic carboxylic acids is 1. The van der Waals surface area contributed by atoms with Crippen LogP contribution in [0.3, 0.4) is 0 Å². The van der Waals surface area contributed by atoms with Crippen molar-refractivity contribution in [1.29, 1.82) is 0 Å². The Balaban J connectivity index is 1.91. The van der Waals surface area contributed by atoms with Gasteiger partial charge in [-0.1, -0.05) is 6.92 Å². The normalized spacial score (nSPS) is 16.5. The summed E-state index contributed by atoms with van der Waals surface area (Å²) in [5, 5.41) is 14.2. The molecule has 0 bridgehead atoms. The molecule has 0 aliphatic carbocycles. The number of halogens is 2. The summed E-state index contributed by atoms with van der Waals surface area (Å²) in [5.74, 6) is -2.98. The van der Waals surface area contributed by atoms with Gasteiger partial charge < -0.3 is 15.3 Å². The van der Waals surface area contributed by atoms with Crippen LogP contribution in [0.15, 0.2) is 28.6 Å². The smallest absolute Gasteiger partial charge is 0.341 e. The summed E-state index contributed by atoms with van der Waals surface area (Å²) in [6.45, 7) is 4.56. The number of hydrogen-bond donors (Lipinski definition) is 2. The third-order valence-electron chi connectivity index (χ3n) is 5.30. The highest BCUT2D eigenvalue weighted by Gasteiger charge is 2.30. The number of carbonyl (C=O) groups is 1. The first-order chi connectivity index (χ1) is 14.4. The van der Waals surface area contributed by atoms with Crippen LogP contribution in [0.5, 0.6) is 0 Å². The number of rotatable bonds is 6. The molecule has 1 fully saturated rings. The van der Waals surface area contributed by atoms with Crippen LogP contribution in [0, 0.1) is 17.6 Å². The van der Waals surface area contributed by atoms with Crippen LogP contribution in [-0.2, 0) is 0 Å². The number of aromatic nitrogens is 2. The molecule has 2 aromatic heterocycles. The van der Waals surface area contributed by atoms with Gasteiger partial charge in [0.05, 0.1) is 10.9 Å². The highest BCUT2D eigenvalue weighted by molar-refractivity contribution is 7.12. The molecule has 1 unspecified atom stereocenters. The van der Waals surface area contributed by atoms with Gasteiger partial charge in [0.25, 0.3) is 0 Å². The van der Waals surface area contributed by atoms with Crippen molar-refractivity contribution in [3.05, 3.63) is 51.3 Å². The van der Waals surface area contributed by atoms with E-state index < -0.39 is 28.6 Å². The number of nitrogens with one attached hydrogen (secondary N) is 1. The maximum Gasteiger partial charge on any atom is 0.341 e. The van der Waals surface area contributed by atoms with E-state index in [0.717, 1.165) is 43.1 Å². The standard InChI is InChI=1S/C20H20F2N4O3S/c1-2-23-8-11-3-5-25(9-11)17-14(21)7-12-16(15(17)22)26(20-24-4-6-30-20)10-13(18(12)27)19(28)29/h4,6-7,10-11,23H,2-3,5,8-9H2,1H3,(H,28,29). The second-order valence-corrected chi connectivity index (χ2v) is 8.06. The summed E-state index contributed by atoms with van der Waals surface area (Å²) in [4.78, 5) is 29.9. The highest BCUT2D eigenvalue weighted by Crippen LogP contribution is 2.34. The minimum atomic E-state index is -1.47. The van der Waals surface area contributed by atoms with Gasteiger partial charge in [-0.25, -0.2) is 18.6 Å². The van der Waals surface area contributed by atoms with Crippen LogP contribution in [0.1, 0.15) is 23.7 Å². The Morgan fingerprint density at radius 2 is 2.23 bits per heavy atom. The van der Waals surface area contributed by atoms with Gasteiger partial charge >= 0.3 is 5.97 Å². The molecular formula is C20H20F2N4O3S. The Kier molecular flexibility index (Phi) is 5.52. The average Bonchev–Trinajstić information content (AvgIpc) is 3.39. The largest absolute Gasteiger partial charge is 0.477 e. The molecule has 158 valence electrons. The summed E-state index contributed by atoms with van der Waals surface area (Å²) in [6, 6.07) is 0.935. The van der Waals surface area contributed by atoms with Gasteiger partial charge in [0.15, 0.2) is 10.9 Å². The van der Waals surface area contributed by atoms with Gasteiger partial charge in [-0.15, -0.1) is 11.3 Å². The Morgan fingerprint density at radius 3 is 2.90 bits per heavy atom. The summed E-state index contributed by atoms with van der Waals surface area (Å²) >= 11 is 1.15. The van der Waals surface area contributed by atoms with Crippen molar-refractivity contribution in [1.82, 2.24) is 14.9 Å². The Bertz CT molecular complexity index is 1160. The Hall–Kier alpha value is -2.85. The van der Waals surface area contributed by atoms with Crippen molar-refractivity contribution >= 4 is 33.9 Å². The molecule has 1 aromatic carbocycles. The molecule has 1 aliphatic heterocycles. The summed E-state index contributed by atoms with van der Waals surface area (Å²) < 4.78 is 31.9. The second-order valence-electron chi connectivity index (χ2n) is 7.19. The van der Waals surface area contributed by atoms with Crippen LogP contribution in [0.4, 0.5) is 14.5 Å². The fraction of sp³-hybridized carbons (Fsp3) is 0.350. The van der Waals surface area contributed by atoms with Crippen LogP contribution < -0.4 is 15.6 Å². The highest BCUT2D eigenvalue weighted by atomic mass is 32.1. The molecule has 0 saturated carbocycles. The van der Waals surface area contributed by atoms with E-state index in [1.807, 2.05) is 6.92 Å². The maximum absolute atomic E-state index is 15.7. The molecule has 10 heteroatoms. The predicted octanol–water partition coefficient (Wildman–Crippen LogP) is 2.86. The molecule has 7 nitrogen and oxygen atoms in total. The van der Waals surface area contributed by atoms with E-state index in [4.69, 9.17) is 0 Å². The molecular weight excluding hydrogens is 414 g/mol. The van der Waals surface area contributed by atoms with Gasteiger partial charge in [-0.2, -0.15) is 0 Å². The Morgan fingerprint density at radius 1 is 1.43 bits per heavy atom. The van der Waals surface area contributed by atoms with Crippen LogP contribution in [0.2, 0.25) is 0 Å². The van der Waals surface area contributed by atoms with E-state index in [0.29, 0.717) is 13.1 Å². The molecule has 1 aliphatic rings. The van der Waals surface area contributed by atoms with E-state index in [1.54, 1.807) is 10.3 Å². The first kappa shape index (κ1) is 20.4. The SMILES string of the molecule is CCNCC1CCN(c2c(F)cc3c(=O)c(C(=O)O)cn(-c4nccs4)c3c2F)C1. The lowest BCUT2D eigenvalue weighted by molar-refractivity contribution is 0.0695. The number of thiazole rings is 1. The fourth-order valence-electron chi connectivity index (χ4n) is 3.88. The zero-order chi connectivity index (χ0) is 21.4. The third kappa shape index (κ3) is 3.46. The van der Waals surface area contributed by atoms with E-state index >= 15 is 4.39 Å². The van der Waals surface area contributed by atoms with Crippen LogP contribution >= 0.6 is 11.3 Å². The number of nitrogens with zero attached hydrogens (tertiary/aromatic N) is 3. The number of benzene rings is 1. The second kappa shape index (κ2) is 8.11. The molecule has 3 heterocycles. The van der Waals surface area contributed by atoms with Gasteiger partial charge in [-0.05, 0) is 31.5 Å². The van der Waals surface area contributed by atoms with Crippen molar-refractivity contribution in [3.8, 4) is 5.13 Å². The van der Waals surface area contributed by atoms with Crippen LogP contribution in [-0.4, -0.2) is 46.8 Å². The van der Waals surface area contributed by atoms with Crippen molar-refractivity contribution in [2.24, 2.45) is 5.92 Å². The van der Waals surface area contributed by atoms with Crippen LogP contribution in [0.25, 0.3) is 16.0 Å². The molecule has 1 atom stereocenters.